The molecule has 0 fully saturated rings. The van der Waals surface area contributed by atoms with E-state index in [0.29, 0.717) is 44.1 Å². The van der Waals surface area contributed by atoms with Crippen LogP contribution in [0.25, 0.3) is 10.9 Å². The summed E-state index contributed by atoms with van der Waals surface area (Å²) in [5.41, 5.74) is 41.1. The second-order valence-electron chi connectivity index (χ2n) is 24.4. The number of hydrogen-bond acceptors (Lipinski definition) is 15. The predicted octanol–water partition coefficient (Wildman–Crippen LogP) is -1.33. The molecule has 0 aliphatic carbocycles. The van der Waals surface area contributed by atoms with Crippen molar-refractivity contribution in [2.75, 3.05) is 32.7 Å². The molecule has 10 atom stereocenters. The van der Waals surface area contributed by atoms with E-state index < -0.39 is 126 Å². The van der Waals surface area contributed by atoms with Crippen LogP contribution in [-0.2, 0) is 54.4 Å². The van der Waals surface area contributed by atoms with Gasteiger partial charge in [0, 0.05) is 36.6 Å². The number of carbonyl (C=O) groups excluding carboxylic acids is 9. The average Bonchev–Trinajstić information content (AvgIpc) is 1.84. The van der Waals surface area contributed by atoms with Crippen LogP contribution in [0.3, 0.4) is 0 Å². The van der Waals surface area contributed by atoms with Crippen LogP contribution in [0.5, 0.6) is 0 Å². The van der Waals surface area contributed by atoms with Crippen LogP contribution in [0, 0.1) is 23.7 Å². The van der Waals surface area contributed by atoms with Crippen LogP contribution in [0.1, 0.15) is 151 Å². The molecule has 2 rings (SSSR count). The van der Waals surface area contributed by atoms with Gasteiger partial charge in [-0.1, -0.05) is 80.0 Å². The van der Waals surface area contributed by atoms with E-state index in [1.165, 1.54) is 0 Å². The summed E-state index contributed by atoms with van der Waals surface area (Å²) in [5.74, 6) is -8.94. The smallest absolute Gasteiger partial charge is 0.326 e. The summed E-state index contributed by atoms with van der Waals surface area (Å²) in [7, 11) is 0. The van der Waals surface area contributed by atoms with Crippen molar-refractivity contribution >= 4 is 82.0 Å². The lowest BCUT2D eigenvalue weighted by Crippen LogP contribution is -2.60. The van der Waals surface area contributed by atoms with E-state index in [2.05, 4.69) is 62.8 Å². The van der Waals surface area contributed by atoms with E-state index in [9.17, 15) is 53.1 Å². The summed E-state index contributed by atoms with van der Waals surface area (Å²) < 4.78 is 0. The fraction of sp³-hybridized carbons (Fsp3) is 0.672. The molecule has 512 valence electrons. The van der Waals surface area contributed by atoms with Crippen molar-refractivity contribution in [2.24, 2.45) is 73.8 Å². The number of unbranched alkanes of at least 4 members (excludes halogenated alkanes) is 2. The number of carboxylic acids is 1. The number of para-hydroxylation sites is 1. The van der Waals surface area contributed by atoms with E-state index in [-0.39, 0.29) is 114 Å². The Balaban J connectivity index is 2.44. The third-order valence-electron chi connectivity index (χ3n) is 15.0. The van der Waals surface area contributed by atoms with Crippen LogP contribution in [-0.4, -0.2) is 168 Å². The fourth-order valence-corrected chi connectivity index (χ4v) is 9.93. The predicted molar refractivity (Wildman–Crippen MR) is 350 cm³/mol. The Morgan fingerprint density at radius 3 is 1.38 bits per heavy atom. The fourth-order valence-electron chi connectivity index (χ4n) is 9.93. The Morgan fingerprint density at radius 1 is 0.505 bits per heavy atom. The number of carboxylic acid groups (broad SMARTS) is 1. The normalized spacial score (nSPS) is 14.6. The minimum atomic E-state index is -1.36. The first-order valence-corrected chi connectivity index (χ1v) is 31.8. The molecule has 2 aromatic rings. The zero-order valence-corrected chi connectivity index (χ0v) is 54.5. The second-order valence-corrected chi connectivity index (χ2v) is 24.4. The molecule has 30 heteroatoms. The lowest BCUT2D eigenvalue weighted by molar-refractivity contribution is -0.142. The van der Waals surface area contributed by atoms with E-state index in [0.717, 1.165) is 10.9 Å². The molecule has 25 N–H and O–H groups in total. The third-order valence-corrected chi connectivity index (χ3v) is 15.0. The summed E-state index contributed by atoms with van der Waals surface area (Å²) in [6.45, 7) is 14.8. The van der Waals surface area contributed by atoms with Gasteiger partial charge < -0.3 is 98.1 Å². The number of H-pyrrole nitrogens is 1. The first kappa shape index (κ1) is 79.0. The molecule has 0 aliphatic rings. The van der Waals surface area contributed by atoms with Crippen molar-refractivity contribution in [1.29, 1.82) is 0 Å². The summed E-state index contributed by atoms with van der Waals surface area (Å²) in [4.78, 5) is 150. The Morgan fingerprint density at radius 2 is 0.923 bits per heavy atom. The summed E-state index contributed by atoms with van der Waals surface area (Å²) >= 11 is 0. The average molecular weight is 1280 g/mol. The first-order chi connectivity index (χ1) is 43.0. The monoisotopic (exact) mass is 1280 g/mol. The topological polar surface area (TPSA) is 522 Å². The Labute approximate surface area is 534 Å². The number of aromatic amines is 1. The number of amides is 9. The highest BCUT2D eigenvalue weighted by Crippen LogP contribution is 2.21. The van der Waals surface area contributed by atoms with Gasteiger partial charge in [-0.15, -0.1) is 0 Å². The molecule has 91 heavy (non-hydrogen) atoms. The molecule has 1 aromatic carbocycles. The maximum Gasteiger partial charge on any atom is 0.326 e. The number of rotatable bonds is 45. The van der Waals surface area contributed by atoms with Crippen LogP contribution >= 0.6 is 0 Å². The zero-order valence-electron chi connectivity index (χ0n) is 54.5. The molecule has 0 unspecified atom stereocenters. The SMILES string of the molecule is CC[C@H](C)[C@H](NC(=O)[C@H](Cc1c[nH]c2ccccc12)NC(=O)[C@H](CC(C)C)NC(=O)[C@@H](N)CC(C)C)C(=O)NCC(=O)N[C@@H](CC(C)C)C(=O)N[C@@H](CCCN=C(N)N)C(=O)N[C@@H](CCCCN)C(=O)N[C@@H](CCCCN)C(=O)N[C@@H](CCCN=C(N)N)C(=O)O. The van der Waals surface area contributed by atoms with Crippen molar-refractivity contribution in [3.05, 3.63) is 36.0 Å². The van der Waals surface area contributed by atoms with Crippen molar-refractivity contribution in [2.45, 2.75) is 206 Å². The van der Waals surface area contributed by atoms with Gasteiger partial charge in [0.25, 0.3) is 0 Å². The number of nitrogens with zero attached hydrogens (tertiary/aromatic N) is 2. The van der Waals surface area contributed by atoms with E-state index in [1.807, 2.05) is 58.9 Å². The number of fused-ring (bicyclic) bond motifs is 1. The number of aromatic nitrogens is 1. The number of nitrogens with two attached hydrogens (primary N) is 7. The lowest BCUT2D eigenvalue weighted by Gasteiger charge is -2.28. The summed E-state index contributed by atoms with van der Waals surface area (Å²) in [6.07, 6.45) is 4.80. The number of aliphatic carboxylic acids is 1. The molecule has 0 spiro atoms. The number of nitrogens with one attached hydrogen (secondary N) is 10. The van der Waals surface area contributed by atoms with Crippen molar-refractivity contribution < 1.29 is 53.1 Å². The summed E-state index contributed by atoms with van der Waals surface area (Å²) in [5, 5.41) is 35.1. The highest BCUT2D eigenvalue weighted by molar-refractivity contribution is 5.98. The van der Waals surface area contributed by atoms with Gasteiger partial charge in [-0.3, -0.25) is 53.1 Å². The van der Waals surface area contributed by atoms with E-state index >= 15 is 0 Å². The molecule has 1 heterocycles. The molecule has 9 amide bonds. The van der Waals surface area contributed by atoms with E-state index in [1.54, 1.807) is 27.0 Å². The number of guanidine groups is 2. The quantitative estimate of drug-likeness (QED) is 0.0207. The number of hydrogen-bond donors (Lipinski definition) is 18. The van der Waals surface area contributed by atoms with Crippen LogP contribution < -0.4 is 88.0 Å². The molecule has 0 saturated heterocycles. The van der Waals surface area contributed by atoms with Gasteiger partial charge >= 0.3 is 5.97 Å². The largest absolute Gasteiger partial charge is 0.480 e. The van der Waals surface area contributed by atoms with Gasteiger partial charge in [-0.05, 0) is 132 Å². The Kier molecular flexibility index (Phi) is 36.5. The van der Waals surface area contributed by atoms with Gasteiger partial charge in [-0.25, -0.2) is 4.79 Å². The van der Waals surface area contributed by atoms with E-state index in [4.69, 9.17) is 40.1 Å². The van der Waals surface area contributed by atoms with Crippen molar-refractivity contribution in [1.82, 2.24) is 52.8 Å². The highest BCUT2D eigenvalue weighted by Gasteiger charge is 2.36. The second kappa shape index (κ2) is 42.0. The van der Waals surface area contributed by atoms with Gasteiger partial charge in [0.15, 0.2) is 11.9 Å². The van der Waals surface area contributed by atoms with Gasteiger partial charge in [-0.2, -0.15) is 0 Å². The van der Waals surface area contributed by atoms with Gasteiger partial charge in [0.05, 0.1) is 12.6 Å². The van der Waals surface area contributed by atoms with Crippen LogP contribution in [0.4, 0.5) is 0 Å². The van der Waals surface area contributed by atoms with Crippen LogP contribution in [0.15, 0.2) is 40.4 Å². The van der Waals surface area contributed by atoms with Gasteiger partial charge in [0.2, 0.25) is 53.2 Å². The molecule has 0 radical (unpaired) electrons. The van der Waals surface area contributed by atoms with Gasteiger partial charge in [0.1, 0.15) is 48.3 Å². The highest BCUT2D eigenvalue weighted by atomic mass is 16.4. The first-order valence-electron chi connectivity index (χ1n) is 31.8. The molecule has 0 saturated carbocycles. The number of benzene rings is 1. The molecule has 30 nitrogen and oxygen atoms in total. The Bertz CT molecular complexity index is 2710. The number of carbonyl (C=O) groups is 10. The third kappa shape index (κ3) is 30.5. The van der Waals surface area contributed by atoms with Crippen molar-refractivity contribution in [3.63, 3.8) is 0 Å². The molecule has 0 bridgehead atoms. The lowest BCUT2D eigenvalue weighted by atomic mass is 9.96. The molecular formula is C61H107N19O11. The molecule has 1 aromatic heterocycles. The minimum absolute atomic E-state index is 0.0169. The molecular weight excluding hydrogens is 1170 g/mol. The summed E-state index contributed by atoms with van der Waals surface area (Å²) in [6, 6.07) is -3.54. The zero-order chi connectivity index (χ0) is 68.3. The van der Waals surface area contributed by atoms with Crippen LogP contribution in [0.2, 0.25) is 0 Å². The standard InChI is InChI=1S/C61H107N19O11/c1-9-37(8)50(80-57(88)48(31-38-32-71-41-19-11-10-18-39(38)41)79-56(87)47(30-36(6)7)78-51(82)40(64)28-34(2)3)58(89)72-33-49(81)73-46(29-35(4)5)55(86)76-44(22-16-26-69-60(65)66)53(84)74-42(20-12-14-24-62)52(83)75-43(21-13-15-25-63)54(85)77-45(59(90)91)23-17-27-70-61(67)68/h10-11,18-19,32,34-37,40,42-48,50,71H,9,12-17,20-31,33,62-64H2,1-8H3,(H,72,89)(H,73,81)(H,74,84)(H,75,83)(H,76,86)(H,77,85)(H,78,82)(H,79,87)(H,80,88)(H,90,91)(H4,65,66,69)(H4,67,68,70)/t37-,40-,42-,43-,44-,45-,46-,47-,48-,50-/m0/s1. The minimum Gasteiger partial charge on any atom is -0.480 e. The maximum absolute atomic E-state index is 14.6. The Hall–Kier alpha value is -8.12. The maximum atomic E-state index is 14.6. The number of aliphatic imine (C=N–C) groups is 2. The van der Waals surface area contributed by atoms with Crippen molar-refractivity contribution in [3.8, 4) is 0 Å². The molecule has 0 aliphatic heterocycles.